The number of nitrogens with zero attached hydrogens (tertiary/aromatic N) is 2. The standard InChI is InChI=1S/C23H21N3O/c1-16-25-21-13-12-19(24)15-20(21)23(27)26(16)22(18-10-6-3-7-11-18)14-17-8-4-2-5-9-17/h2-13,15,22H,14,24H2,1H3. The van der Waals surface area contributed by atoms with E-state index in [0.717, 1.165) is 5.56 Å². The van der Waals surface area contributed by atoms with E-state index < -0.39 is 0 Å². The molecule has 134 valence electrons. The predicted molar refractivity (Wildman–Crippen MR) is 110 cm³/mol. The van der Waals surface area contributed by atoms with Crippen LogP contribution in [0.2, 0.25) is 0 Å². The van der Waals surface area contributed by atoms with Crippen molar-refractivity contribution in [2.24, 2.45) is 0 Å². The van der Waals surface area contributed by atoms with Crippen LogP contribution in [0, 0.1) is 6.92 Å². The lowest BCUT2D eigenvalue weighted by Crippen LogP contribution is -2.30. The molecule has 0 spiro atoms. The number of aryl methyl sites for hydroxylation is 1. The molecule has 0 saturated carbocycles. The summed E-state index contributed by atoms with van der Waals surface area (Å²) in [4.78, 5) is 18.0. The summed E-state index contributed by atoms with van der Waals surface area (Å²) in [5.41, 5.74) is 9.35. The topological polar surface area (TPSA) is 60.9 Å². The first-order valence-corrected chi connectivity index (χ1v) is 9.01. The second-order valence-corrected chi connectivity index (χ2v) is 6.73. The van der Waals surface area contributed by atoms with Gasteiger partial charge in [-0.3, -0.25) is 9.36 Å². The van der Waals surface area contributed by atoms with E-state index in [1.807, 2.05) is 43.3 Å². The molecule has 1 aromatic heterocycles. The zero-order valence-corrected chi connectivity index (χ0v) is 15.2. The van der Waals surface area contributed by atoms with E-state index in [-0.39, 0.29) is 11.6 Å². The molecule has 4 aromatic rings. The molecule has 4 nitrogen and oxygen atoms in total. The fraction of sp³-hybridized carbons (Fsp3) is 0.130. The van der Waals surface area contributed by atoms with Crippen molar-refractivity contribution in [2.45, 2.75) is 19.4 Å². The highest BCUT2D eigenvalue weighted by molar-refractivity contribution is 5.81. The summed E-state index contributed by atoms with van der Waals surface area (Å²) >= 11 is 0. The minimum Gasteiger partial charge on any atom is -0.399 e. The van der Waals surface area contributed by atoms with Crippen LogP contribution in [0.25, 0.3) is 10.9 Å². The van der Waals surface area contributed by atoms with Crippen LogP contribution >= 0.6 is 0 Å². The summed E-state index contributed by atoms with van der Waals surface area (Å²) in [5, 5.41) is 0.551. The Morgan fingerprint density at radius 2 is 1.63 bits per heavy atom. The molecule has 0 bridgehead atoms. The monoisotopic (exact) mass is 355 g/mol. The zero-order valence-electron chi connectivity index (χ0n) is 15.2. The molecule has 4 heteroatoms. The van der Waals surface area contributed by atoms with Crippen molar-refractivity contribution in [2.75, 3.05) is 5.73 Å². The molecule has 0 aliphatic heterocycles. The number of fused-ring (bicyclic) bond motifs is 1. The van der Waals surface area contributed by atoms with E-state index in [1.54, 1.807) is 22.8 Å². The smallest absolute Gasteiger partial charge is 0.262 e. The number of hydrogen-bond donors (Lipinski definition) is 1. The third kappa shape index (κ3) is 3.34. The molecule has 1 atom stereocenters. The number of nitrogens with two attached hydrogens (primary N) is 1. The highest BCUT2D eigenvalue weighted by Gasteiger charge is 2.20. The Kier molecular flexibility index (Phi) is 4.47. The predicted octanol–water partition coefficient (Wildman–Crippen LogP) is 4.12. The molecular formula is C23H21N3O. The first-order chi connectivity index (χ1) is 13.1. The molecule has 27 heavy (non-hydrogen) atoms. The first-order valence-electron chi connectivity index (χ1n) is 9.01. The van der Waals surface area contributed by atoms with Gasteiger partial charge in [-0.2, -0.15) is 0 Å². The zero-order chi connectivity index (χ0) is 18.8. The van der Waals surface area contributed by atoms with Crippen LogP contribution in [0.1, 0.15) is 23.0 Å². The summed E-state index contributed by atoms with van der Waals surface area (Å²) in [6, 6.07) is 25.5. The van der Waals surface area contributed by atoms with Crippen LogP contribution in [0.15, 0.2) is 83.7 Å². The molecule has 0 fully saturated rings. The third-order valence-electron chi connectivity index (χ3n) is 4.87. The van der Waals surface area contributed by atoms with Crippen LogP contribution in [0.4, 0.5) is 5.69 Å². The summed E-state index contributed by atoms with van der Waals surface area (Å²) in [7, 11) is 0. The Morgan fingerprint density at radius 1 is 0.963 bits per heavy atom. The van der Waals surface area contributed by atoms with E-state index in [2.05, 4.69) is 29.2 Å². The molecule has 0 aliphatic carbocycles. The minimum absolute atomic E-state index is 0.0606. The van der Waals surface area contributed by atoms with Crippen molar-refractivity contribution < 1.29 is 0 Å². The van der Waals surface area contributed by atoms with Gasteiger partial charge < -0.3 is 5.73 Å². The number of benzene rings is 3. The highest BCUT2D eigenvalue weighted by atomic mass is 16.1. The SMILES string of the molecule is Cc1nc2ccc(N)cc2c(=O)n1C(Cc1ccccc1)c1ccccc1. The Labute approximate surface area is 157 Å². The molecule has 1 unspecified atom stereocenters. The van der Waals surface area contributed by atoms with Crippen LogP contribution in [-0.2, 0) is 6.42 Å². The van der Waals surface area contributed by atoms with E-state index in [9.17, 15) is 4.79 Å². The first kappa shape index (κ1) is 17.0. The van der Waals surface area contributed by atoms with Gasteiger partial charge in [-0.15, -0.1) is 0 Å². The van der Waals surface area contributed by atoms with Crippen molar-refractivity contribution in [3.8, 4) is 0 Å². The fourth-order valence-electron chi connectivity index (χ4n) is 3.57. The molecule has 0 radical (unpaired) electrons. The molecule has 1 heterocycles. The van der Waals surface area contributed by atoms with E-state index in [0.29, 0.717) is 28.8 Å². The van der Waals surface area contributed by atoms with Crippen LogP contribution in [-0.4, -0.2) is 9.55 Å². The van der Waals surface area contributed by atoms with Crippen LogP contribution < -0.4 is 11.3 Å². The second-order valence-electron chi connectivity index (χ2n) is 6.73. The minimum atomic E-state index is -0.139. The second kappa shape index (κ2) is 7.08. The van der Waals surface area contributed by atoms with Gasteiger partial charge in [-0.25, -0.2) is 4.98 Å². The molecule has 0 amide bonds. The number of aromatic nitrogens is 2. The van der Waals surface area contributed by atoms with Gasteiger partial charge in [0, 0.05) is 5.69 Å². The fourth-order valence-corrected chi connectivity index (χ4v) is 3.57. The van der Waals surface area contributed by atoms with Crippen molar-refractivity contribution in [1.29, 1.82) is 0 Å². The van der Waals surface area contributed by atoms with Gasteiger partial charge in [0.15, 0.2) is 0 Å². The number of rotatable bonds is 4. The normalized spacial score (nSPS) is 12.2. The van der Waals surface area contributed by atoms with E-state index in [4.69, 9.17) is 5.73 Å². The number of hydrogen-bond acceptors (Lipinski definition) is 3. The highest BCUT2D eigenvalue weighted by Crippen LogP contribution is 2.24. The Morgan fingerprint density at radius 3 is 2.33 bits per heavy atom. The summed E-state index contributed by atoms with van der Waals surface area (Å²) in [6.45, 7) is 1.89. The van der Waals surface area contributed by atoms with Crippen molar-refractivity contribution in [3.63, 3.8) is 0 Å². The summed E-state index contributed by atoms with van der Waals surface area (Å²) in [5.74, 6) is 0.696. The van der Waals surface area contributed by atoms with Crippen molar-refractivity contribution >= 4 is 16.6 Å². The van der Waals surface area contributed by atoms with E-state index in [1.165, 1.54) is 5.56 Å². The lowest BCUT2D eigenvalue weighted by Gasteiger charge is -2.23. The quantitative estimate of drug-likeness (QED) is 0.560. The molecule has 3 aromatic carbocycles. The summed E-state index contributed by atoms with van der Waals surface area (Å²) < 4.78 is 1.80. The lowest BCUT2D eigenvalue weighted by molar-refractivity contribution is 0.541. The number of anilines is 1. The van der Waals surface area contributed by atoms with Gasteiger partial charge in [-0.05, 0) is 42.7 Å². The Hall–Kier alpha value is -3.40. The maximum Gasteiger partial charge on any atom is 0.262 e. The van der Waals surface area contributed by atoms with E-state index >= 15 is 0 Å². The average Bonchev–Trinajstić information content (AvgIpc) is 2.69. The molecule has 0 aliphatic rings. The molecule has 4 rings (SSSR count). The lowest BCUT2D eigenvalue weighted by atomic mass is 9.98. The Balaban J connectivity index is 1.93. The maximum absolute atomic E-state index is 13.4. The largest absolute Gasteiger partial charge is 0.399 e. The van der Waals surface area contributed by atoms with Gasteiger partial charge in [0.2, 0.25) is 0 Å². The van der Waals surface area contributed by atoms with Gasteiger partial charge >= 0.3 is 0 Å². The summed E-state index contributed by atoms with van der Waals surface area (Å²) in [6.07, 6.45) is 0.709. The molecular weight excluding hydrogens is 334 g/mol. The Bertz CT molecular complexity index is 1130. The van der Waals surface area contributed by atoms with Crippen LogP contribution in [0.5, 0.6) is 0 Å². The average molecular weight is 355 g/mol. The number of nitrogen functional groups attached to an aromatic ring is 1. The van der Waals surface area contributed by atoms with Gasteiger partial charge in [0.1, 0.15) is 5.82 Å². The maximum atomic E-state index is 13.4. The van der Waals surface area contributed by atoms with Crippen molar-refractivity contribution in [3.05, 3.63) is 106 Å². The van der Waals surface area contributed by atoms with Gasteiger partial charge in [-0.1, -0.05) is 60.7 Å². The van der Waals surface area contributed by atoms with Gasteiger partial charge in [0.25, 0.3) is 5.56 Å². The molecule has 2 N–H and O–H groups in total. The van der Waals surface area contributed by atoms with Gasteiger partial charge in [0.05, 0.1) is 16.9 Å². The van der Waals surface area contributed by atoms with Crippen molar-refractivity contribution in [1.82, 2.24) is 9.55 Å². The third-order valence-corrected chi connectivity index (χ3v) is 4.87. The van der Waals surface area contributed by atoms with Crippen LogP contribution in [0.3, 0.4) is 0 Å². The molecule has 0 saturated heterocycles.